The molecule has 8 heteroatoms. The molecule has 0 N–H and O–H groups in total. The standard InChI is InChI=1S/C20H26FN5O2/c1-15(2)18-12-25(19(27)7-9-24-13-22-23-14-24)10-8-20(28)26(18)11-16-3-5-17(21)6-4-16/h3-6,13-15,18H,7-12H2,1-2H3. The van der Waals surface area contributed by atoms with Crippen molar-refractivity contribution in [3.63, 3.8) is 0 Å². The summed E-state index contributed by atoms with van der Waals surface area (Å²) >= 11 is 0. The van der Waals surface area contributed by atoms with Crippen LogP contribution in [-0.2, 0) is 22.7 Å². The van der Waals surface area contributed by atoms with Crippen LogP contribution in [0.1, 0.15) is 32.3 Å². The molecule has 2 aromatic rings. The molecule has 7 nitrogen and oxygen atoms in total. The van der Waals surface area contributed by atoms with Crippen molar-refractivity contribution >= 4 is 11.8 Å². The summed E-state index contributed by atoms with van der Waals surface area (Å²) in [6.07, 6.45) is 3.80. The zero-order chi connectivity index (χ0) is 20.1. The van der Waals surface area contributed by atoms with Crippen molar-refractivity contribution in [2.24, 2.45) is 5.92 Å². The lowest BCUT2D eigenvalue weighted by atomic mass is 10.0. The van der Waals surface area contributed by atoms with Crippen LogP contribution in [-0.4, -0.2) is 55.5 Å². The third kappa shape index (κ3) is 4.94. The van der Waals surface area contributed by atoms with Crippen molar-refractivity contribution in [2.45, 2.75) is 45.8 Å². The molecule has 0 bridgehead atoms. The number of halogens is 1. The fourth-order valence-corrected chi connectivity index (χ4v) is 3.48. The average Bonchev–Trinajstić information content (AvgIpc) is 3.13. The van der Waals surface area contributed by atoms with Crippen LogP contribution in [0.15, 0.2) is 36.9 Å². The van der Waals surface area contributed by atoms with Crippen molar-refractivity contribution in [1.29, 1.82) is 0 Å². The molecule has 2 amide bonds. The molecule has 1 fully saturated rings. The summed E-state index contributed by atoms with van der Waals surface area (Å²) in [6.45, 7) is 5.97. The fraction of sp³-hybridized carbons (Fsp3) is 0.500. The molecule has 0 radical (unpaired) electrons. The number of carbonyl (C=O) groups excluding carboxylic acids is 2. The van der Waals surface area contributed by atoms with Crippen molar-refractivity contribution in [3.8, 4) is 0 Å². The minimum absolute atomic E-state index is 0.0239. The van der Waals surface area contributed by atoms with Gasteiger partial charge in [0.05, 0.1) is 6.04 Å². The summed E-state index contributed by atoms with van der Waals surface area (Å²) < 4.78 is 15.0. The molecule has 1 saturated heterocycles. The van der Waals surface area contributed by atoms with Crippen molar-refractivity contribution in [1.82, 2.24) is 24.6 Å². The van der Waals surface area contributed by atoms with Crippen molar-refractivity contribution in [2.75, 3.05) is 13.1 Å². The minimum atomic E-state index is -0.295. The summed E-state index contributed by atoms with van der Waals surface area (Å²) in [5.41, 5.74) is 0.882. The van der Waals surface area contributed by atoms with E-state index in [9.17, 15) is 14.0 Å². The average molecular weight is 387 g/mol. The SMILES string of the molecule is CC(C)C1CN(C(=O)CCn2cnnc2)CCC(=O)N1Cc1ccc(F)cc1. The van der Waals surface area contributed by atoms with Crippen LogP contribution >= 0.6 is 0 Å². The van der Waals surface area contributed by atoms with Gasteiger partial charge in [-0.15, -0.1) is 10.2 Å². The second kappa shape index (κ2) is 8.95. The quantitative estimate of drug-likeness (QED) is 0.761. The lowest BCUT2D eigenvalue weighted by Crippen LogP contribution is -2.47. The van der Waals surface area contributed by atoms with E-state index < -0.39 is 0 Å². The molecule has 28 heavy (non-hydrogen) atoms. The van der Waals surface area contributed by atoms with Crippen LogP contribution in [0.5, 0.6) is 0 Å². The third-order valence-electron chi connectivity index (χ3n) is 5.16. The molecule has 1 unspecified atom stereocenters. The van der Waals surface area contributed by atoms with Crippen LogP contribution in [0.25, 0.3) is 0 Å². The van der Waals surface area contributed by atoms with Gasteiger partial charge < -0.3 is 14.4 Å². The summed E-state index contributed by atoms with van der Waals surface area (Å²) in [4.78, 5) is 29.2. The molecule has 1 aliphatic rings. The molecule has 0 saturated carbocycles. The Hall–Kier alpha value is -2.77. The van der Waals surface area contributed by atoms with Gasteiger partial charge in [0.2, 0.25) is 11.8 Å². The number of hydrogen-bond acceptors (Lipinski definition) is 4. The van der Waals surface area contributed by atoms with Gasteiger partial charge in [-0.25, -0.2) is 4.39 Å². The Bertz CT molecular complexity index is 791. The molecule has 1 atom stereocenters. The number of benzene rings is 1. The molecule has 3 rings (SSSR count). The predicted molar refractivity (Wildman–Crippen MR) is 101 cm³/mol. The molecule has 2 heterocycles. The third-order valence-corrected chi connectivity index (χ3v) is 5.16. The van der Waals surface area contributed by atoms with Gasteiger partial charge >= 0.3 is 0 Å². The Kier molecular flexibility index (Phi) is 6.38. The monoisotopic (exact) mass is 387 g/mol. The highest BCUT2D eigenvalue weighted by Gasteiger charge is 2.33. The zero-order valence-corrected chi connectivity index (χ0v) is 16.3. The topological polar surface area (TPSA) is 71.3 Å². The van der Waals surface area contributed by atoms with Crippen LogP contribution in [0.2, 0.25) is 0 Å². The van der Waals surface area contributed by atoms with Crippen LogP contribution in [0.4, 0.5) is 4.39 Å². The number of aromatic nitrogens is 3. The molecule has 1 aliphatic heterocycles. The van der Waals surface area contributed by atoms with E-state index in [0.717, 1.165) is 5.56 Å². The first-order valence-electron chi connectivity index (χ1n) is 9.58. The van der Waals surface area contributed by atoms with Crippen molar-refractivity contribution < 1.29 is 14.0 Å². The molecular formula is C20H26FN5O2. The molecule has 0 aliphatic carbocycles. The van der Waals surface area contributed by atoms with Gasteiger partial charge in [-0.1, -0.05) is 26.0 Å². The molecule has 1 aromatic carbocycles. The smallest absolute Gasteiger partial charge is 0.224 e. The van der Waals surface area contributed by atoms with Gasteiger partial charge in [-0.3, -0.25) is 9.59 Å². The Morgan fingerprint density at radius 3 is 2.54 bits per heavy atom. The summed E-state index contributed by atoms with van der Waals surface area (Å²) in [5.74, 6) is -0.0558. The Morgan fingerprint density at radius 2 is 1.89 bits per heavy atom. The van der Waals surface area contributed by atoms with E-state index in [1.54, 1.807) is 34.3 Å². The lowest BCUT2D eigenvalue weighted by molar-refractivity contribution is -0.134. The highest BCUT2D eigenvalue weighted by molar-refractivity contribution is 5.80. The van der Waals surface area contributed by atoms with Crippen LogP contribution in [0, 0.1) is 11.7 Å². The molecule has 0 spiro atoms. The van der Waals surface area contributed by atoms with E-state index in [-0.39, 0.29) is 29.6 Å². The Balaban J connectivity index is 1.70. The molecule has 150 valence electrons. The highest BCUT2D eigenvalue weighted by atomic mass is 19.1. The number of nitrogens with zero attached hydrogens (tertiary/aromatic N) is 5. The number of rotatable bonds is 6. The summed E-state index contributed by atoms with van der Waals surface area (Å²) in [6, 6.07) is 6.13. The van der Waals surface area contributed by atoms with E-state index in [1.807, 2.05) is 4.90 Å². The number of aryl methyl sites for hydroxylation is 1. The summed E-state index contributed by atoms with van der Waals surface area (Å²) in [7, 11) is 0. The van der Waals surface area contributed by atoms with Crippen LogP contribution < -0.4 is 0 Å². The van der Waals surface area contributed by atoms with Gasteiger partial charge in [-0.05, 0) is 23.6 Å². The number of hydrogen-bond donors (Lipinski definition) is 0. The second-order valence-corrected chi connectivity index (χ2v) is 7.50. The highest BCUT2D eigenvalue weighted by Crippen LogP contribution is 2.21. The largest absolute Gasteiger partial charge is 0.340 e. The predicted octanol–water partition coefficient (Wildman–Crippen LogP) is 2.09. The first-order chi connectivity index (χ1) is 13.4. The maximum atomic E-state index is 13.2. The van der Waals surface area contributed by atoms with E-state index >= 15 is 0 Å². The van der Waals surface area contributed by atoms with Crippen molar-refractivity contribution in [3.05, 3.63) is 48.3 Å². The maximum absolute atomic E-state index is 13.2. The van der Waals surface area contributed by atoms with E-state index in [0.29, 0.717) is 39.0 Å². The van der Waals surface area contributed by atoms with Gasteiger partial charge in [-0.2, -0.15) is 0 Å². The number of carbonyl (C=O) groups is 2. The van der Waals surface area contributed by atoms with Gasteiger partial charge in [0.25, 0.3) is 0 Å². The Labute approximate surface area is 164 Å². The first-order valence-corrected chi connectivity index (χ1v) is 9.58. The van der Waals surface area contributed by atoms with Gasteiger partial charge in [0.1, 0.15) is 18.5 Å². The molecule has 1 aromatic heterocycles. The van der Waals surface area contributed by atoms with E-state index in [4.69, 9.17) is 0 Å². The number of amides is 2. The molecular weight excluding hydrogens is 361 g/mol. The second-order valence-electron chi connectivity index (χ2n) is 7.50. The summed E-state index contributed by atoms with van der Waals surface area (Å²) in [5, 5.41) is 7.48. The van der Waals surface area contributed by atoms with E-state index in [1.165, 1.54) is 12.1 Å². The maximum Gasteiger partial charge on any atom is 0.224 e. The lowest BCUT2D eigenvalue weighted by Gasteiger charge is -2.34. The zero-order valence-electron chi connectivity index (χ0n) is 16.3. The van der Waals surface area contributed by atoms with Gasteiger partial charge in [0.15, 0.2) is 0 Å². The fourth-order valence-electron chi connectivity index (χ4n) is 3.48. The minimum Gasteiger partial charge on any atom is -0.340 e. The van der Waals surface area contributed by atoms with E-state index in [2.05, 4.69) is 24.0 Å². The Morgan fingerprint density at radius 1 is 1.21 bits per heavy atom. The van der Waals surface area contributed by atoms with Crippen LogP contribution in [0.3, 0.4) is 0 Å². The van der Waals surface area contributed by atoms with Gasteiger partial charge in [0, 0.05) is 39.0 Å². The normalized spacial score (nSPS) is 17.9. The first kappa shape index (κ1) is 20.0.